The van der Waals surface area contributed by atoms with Gasteiger partial charge in [-0.1, -0.05) is 48.5 Å². The molecule has 2 heterocycles. The third-order valence-electron chi connectivity index (χ3n) is 6.24. The Balaban J connectivity index is 1.58. The predicted molar refractivity (Wildman–Crippen MR) is 126 cm³/mol. The molecule has 0 spiro atoms. The number of alkyl halides is 2. The Hall–Kier alpha value is -4.02. The molecule has 0 aromatic heterocycles. The van der Waals surface area contributed by atoms with E-state index in [1.165, 1.54) is 4.90 Å². The molecule has 9 nitrogen and oxygen atoms in total. The highest BCUT2D eigenvalue weighted by Gasteiger charge is 2.55. The third kappa shape index (κ3) is 5.45. The van der Waals surface area contributed by atoms with Crippen molar-refractivity contribution in [3.8, 4) is 5.75 Å². The van der Waals surface area contributed by atoms with E-state index in [2.05, 4.69) is 10.4 Å². The number of fused-ring (bicyclic) bond motifs is 1. The summed E-state index contributed by atoms with van der Waals surface area (Å²) in [4.78, 5) is 39.7. The number of piperidine rings is 1. The van der Waals surface area contributed by atoms with Crippen LogP contribution in [0, 0.1) is 5.41 Å². The second kappa shape index (κ2) is 10.7. The number of benzene rings is 2. The van der Waals surface area contributed by atoms with Gasteiger partial charge in [0.2, 0.25) is 5.91 Å². The lowest BCUT2D eigenvalue weighted by Gasteiger charge is -2.40. The molecule has 11 heteroatoms. The van der Waals surface area contributed by atoms with Crippen molar-refractivity contribution in [2.45, 2.75) is 25.3 Å². The summed E-state index contributed by atoms with van der Waals surface area (Å²) in [6.45, 7) is -1.04. The third-order valence-corrected chi connectivity index (χ3v) is 6.24. The summed E-state index contributed by atoms with van der Waals surface area (Å²) >= 11 is 0. The van der Waals surface area contributed by atoms with E-state index in [0.29, 0.717) is 11.5 Å². The van der Waals surface area contributed by atoms with Gasteiger partial charge in [-0.3, -0.25) is 9.59 Å². The van der Waals surface area contributed by atoms with Gasteiger partial charge in [0.1, 0.15) is 30.4 Å². The maximum atomic E-state index is 13.4. The van der Waals surface area contributed by atoms with Crippen LogP contribution in [-0.4, -0.2) is 77.3 Å². The van der Waals surface area contributed by atoms with Crippen LogP contribution in [0.2, 0.25) is 0 Å². The number of hydrogen-bond acceptors (Lipinski definition) is 5. The molecule has 0 radical (unpaired) electrons. The number of ether oxygens (including phenoxy) is 1. The van der Waals surface area contributed by atoms with Crippen molar-refractivity contribution in [3.05, 3.63) is 66.2 Å². The number of hydrazone groups is 1. The molecule has 1 unspecified atom stereocenters. The second-order valence-electron chi connectivity index (χ2n) is 8.71. The van der Waals surface area contributed by atoms with E-state index in [1.807, 2.05) is 18.2 Å². The Morgan fingerprint density at radius 2 is 1.78 bits per heavy atom. The Morgan fingerprint density at radius 1 is 1.11 bits per heavy atom. The van der Waals surface area contributed by atoms with Gasteiger partial charge in [0.25, 0.3) is 12.3 Å². The van der Waals surface area contributed by atoms with Crippen molar-refractivity contribution in [3.63, 3.8) is 0 Å². The predicted octanol–water partition coefficient (Wildman–Crippen LogP) is 2.63. The largest absolute Gasteiger partial charge is 0.491 e. The summed E-state index contributed by atoms with van der Waals surface area (Å²) in [7, 11) is 0. The molecule has 0 bridgehead atoms. The first-order chi connectivity index (χ1) is 17.3. The topological polar surface area (TPSA) is 112 Å². The summed E-state index contributed by atoms with van der Waals surface area (Å²) < 4.78 is 31.9. The molecule has 0 saturated carbocycles. The first kappa shape index (κ1) is 25.1. The molecule has 3 amide bonds. The fourth-order valence-corrected chi connectivity index (χ4v) is 4.61. The molecule has 2 atom stereocenters. The average molecular weight is 501 g/mol. The minimum Gasteiger partial charge on any atom is -0.491 e. The number of nitrogens with zero attached hydrogens (tertiary/aromatic N) is 3. The van der Waals surface area contributed by atoms with Gasteiger partial charge in [0.15, 0.2) is 0 Å². The fourth-order valence-electron chi connectivity index (χ4n) is 4.61. The minimum atomic E-state index is -2.76. The van der Waals surface area contributed by atoms with Crippen LogP contribution < -0.4 is 10.1 Å². The normalized spacial score (nSPS) is 20.1. The Kier molecular flexibility index (Phi) is 7.47. The van der Waals surface area contributed by atoms with Crippen LogP contribution in [0.1, 0.15) is 12.0 Å². The van der Waals surface area contributed by atoms with Gasteiger partial charge in [-0.2, -0.15) is 5.10 Å². The van der Waals surface area contributed by atoms with E-state index < -0.39 is 42.3 Å². The Bertz CT molecular complexity index is 1130. The maximum Gasteiger partial charge on any atom is 0.405 e. The second-order valence-corrected chi connectivity index (χ2v) is 8.71. The molecule has 0 aliphatic carbocycles. The van der Waals surface area contributed by atoms with Gasteiger partial charge in [-0.25, -0.2) is 18.6 Å². The molecule has 2 aromatic rings. The van der Waals surface area contributed by atoms with Crippen molar-refractivity contribution < 1.29 is 33.0 Å². The average Bonchev–Trinajstić information content (AvgIpc) is 3.12. The lowest BCUT2D eigenvalue weighted by molar-refractivity contribution is -0.142. The number of halogens is 2. The van der Waals surface area contributed by atoms with Crippen LogP contribution in [-0.2, 0) is 16.0 Å². The van der Waals surface area contributed by atoms with Gasteiger partial charge in [-0.15, -0.1) is 0 Å². The summed E-state index contributed by atoms with van der Waals surface area (Å²) in [6, 6.07) is 16.5. The zero-order valence-corrected chi connectivity index (χ0v) is 19.3. The van der Waals surface area contributed by atoms with Crippen molar-refractivity contribution in [2.75, 3.05) is 26.2 Å². The van der Waals surface area contributed by atoms with Crippen LogP contribution in [0.4, 0.5) is 13.6 Å². The van der Waals surface area contributed by atoms with Crippen LogP contribution in [0.15, 0.2) is 65.8 Å². The molecular weight excluding hydrogens is 474 g/mol. The SMILES string of the molecule is O=C(O)N[C@H](COc1ccccc1)C(=O)N1CCC2=NN(CC(F)F)C(=O)C2(Cc2ccccc2)C1. The molecule has 4 rings (SSSR count). The number of rotatable bonds is 9. The highest BCUT2D eigenvalue weighted by Crippen LogP contribution is 2.39. The quantitative estimate of drug-likeness (QED) is 0.550. The standard InChI is InChI=1S/C25H26F2N4O5/c26-21(27)14-31-23(33)25(13-17-7-3-1-4-8-17)16-30(12-11-20(25)29-31)22(32)19(28-24(34)35)15-36-18-9-5-2-6-10-18/h1-10,19,21,28H,11-16H2,(H,34,35)/t19-,25?/m1/s1. The first-order valence-electron chi connectivity index (χ1n) is 11.5. The van der Waals surface area contributed by atoms with Crippen LogP contribution >= 0.6 is 0 Å². The monoisotopic (exact) mass is 500 g/mol. The van der Waals surface area contributed by atoms with Gasteiger partial charge < -0.3 is 20.1 Å². The highest BCUT2D eigenvalue weighted by atomic mass is 19.3. The summed E-state index contributed by atoms with van der Waals surface area (Å²) in [5, 5.41) is 16.5. The van der Waals surface area contributed by atoms with E-state index >= 15 is 0 Å². The molecular formula is C25H26F2N4O5. The molecule has 1 saturated heterocycles. The molecule has 2 aliphatic rings. The number of carboxylic acid groups (broad SMARTS) is 1. The summed E-state index contributed by atoms with van der Waals surface area (Å²) in [5.41, 5.74) is -0.0678. The van der Waals surface area contributed by atoms with Crippen molar-refractivity contribution >= 4 is 23.6 Å². The zero-order valence-electron chi connectivity index (χ0n) is 19.3. The lowest BCUT2D eigenvalue weighted by atomic mass is 9.73. The Morgan fingerprint density at radius 3 is 2.42 bits per heavy atom. The van der Waals surface area contributed by atoms with Crippen molar-refractivity contribution in [2.24, 2.45) is 10.5 Å². The molecule has 1 fully saturated rings. The summed E-state index contributed by atoms with van der Waals surface area (Å²) in [5.74, 6) is -0.702. The number of amides is 3. The van der Waals surface area contributed by atoms with Crippen LogP contribution in [0.5, 0.6) is 5.75 Å². The first-order valence-corrected chi connectivity index (χ1v) is 11.5. The number of carbonyl (C=O) groups excluding carboxylic acids is 2. The van der Waals surface area contributed by atoms with E-state index in [9.17, 15) is 28.3 Å². The highest BCUT2D eigenvalue weighted by molar-refractivity contribution is 6.13. The number of para-hydroxylation sites is 1. The molecule has 2 N–H and O–H groups in total. The molecule has 190 valence electrons. The van der Waals surface area contributed by atoms with Crippen molar-refractivity contribution in [1.82, 2.24) is 15.2 Å². The van der Waals surface area contributed by atoms with Gasteiger partial charge >= 0.3 is 6.09 Å². The van der Waals surface area contributed by atoms with Gasteiger partial charge in [0, 0.05) is 19.5 Å². The number of likely N-dealkylation sites (tertiary alicyclic amines) is 1. The van der Waals surface area contributed by atoms with E-state index in [4.69, 9.17) is 4.74 Å². The van der Waals surface area contributed by atoms with E-state index in [1.54, 1.807) is 42.5 Å². The summed E-state index contributed by atoms with van der Waals surface area (Å²) in [6.07, 6.45) is -3.79. The smallest absolute Gasteiger partial charge is 0.405 e. The maximum absolute atomic E-state index is 13.4. The van der Waals surface area contributed by atoms with E-state index in [-0.39, 0.29) is 32.5 Å². The number of nitrogens with one attached hydrogen (secondary N) is 1. The zero-order chi connectivity index (χ0) is 25.7. The van der Waals surface area contributed by atoms with Crippen LogP contribution in [0.25, 0.3) is 0 Å². The van der Waals surface area contributed by atoms with Gasteiger partial charge in [0.05, 0.1) is 5.71 Å². The fraction of sp³-hybridized carbons (Fsp3) is 0.360. The molecule has 2 aromatic carbocycles. The minimum absolute atomic E-state index is 0.110. The number of carbonyl (C=O) groups is 3. The van der Waals surface area contributed by atoms with Crippen molar-refractivity contribution in [1.29, 1.82) is 0 Å². The Labute approximate surface area is 206 Å². The number of hydrogen-bond donors (Lipinski definition) is 2. The molecule has 2 aliphatic heterocycles. The van der Waals surface area contributed by atoms with Crippen LogP contribution in [0.3, 0.4) is 0 Å². The van der Waals surface area contributed by atoms with E-state index in [0.717, 1.165) is 10.6 Å². The molecule has 36 heavy (non-hydrogen) atoms. The van der Waals surface area contributed by atoms with Gasteiger partial charge in [-0.05, 0) is 24.1 Å². The lowest BCUT2D eigenvalue weighted by Crippen LogP contribution is -2.60.